The smallest absolute Gasteiger partial charge is 0.220 e. The van der Waals surface area contributed by atoms with Crippen molar-refractivity contribution in [2.75, 3.05) is 6.61 Å². The summed E-state index contributed by atoms with van der Waals surface area (Å²) in [7, 11) is 0. The van der Waals surface area contributed by atoms with E-state index in [0.29, 0.717) is 6.42 Å². The summed E-state index contributed by atoms with van der Waals surface area (Å²) in [5.41, 5.74) is 0. The number of carbonyl (C=O) groups is 1. The summed E-state index contributed by atoms with van der Waals surface area (Å²) >= 11 is 0. The van der Waals surface area contributed by atoms with Crippen LogP contribution < -0.4 is 5.32 Å². The lowest BCUT2D eigenvalue weighted by atomic mass is 10.00. The van der Waals surface area contributed by atoms with Crippen LogP contribution in [0.4, 0.5) is 0 Å². The van der Waals surface area contributed by atoms with Crippen molar-refractivity contribution in [2.24, 2.45) is 0 Å². The first-order valence-corrected chi connectivity index (χ1v) is 7.50. The molecule has 1 aliphatic rings. The normalized spacial score (nSPS) is 30.2. The van der Waals surface area contributed by atoms with Gasteiger partial charge < -0.3 is 25.4 Å². The van der Waals surface area contributed by atoms with Crippen LogP contribution in [0.3, 0.4) is 0 Å². The zero-order chi connectivity index (χ0) is 15.0. The van der Waals surface area contributed by atoms with Gasteiger partial charge in [-0.05, 0) is 6.42 Å². The number of ether oxygens (including phenoxy) is 1. The van der Waals surface area contributed by atoms with E-state index in [1.165, 1.54) is 6.42 Å². The van der Waals surface area contributed by atoms with Gasteiger partial charge in [0.15, 0.2) is 6.29 Å². The molecular weight excluding hydrogens is 262 g/mol. The Morgan fingerprint density at radius 1 is 1.25 bits per heavy atom. The van der Waals surface area contributed by atoms with E-state index < -0.39 is 24.5 Å². The fourth-order valence-electron chi connectivity index (χ4n) is 2.38. The van der Waals surface area contributed by atoms with E-state index in [-0.39, 0.29) is 18.9 Å². The molecule has 0 bridgehead atoms. The van der Waals surface area contributed by atoms with Crippen LogP contribution in [0.25, 0.3) is 0 Å². The van der Waals surface area contributed by atoms with Gasteiger partial charge in [-0.2, -0.15) is 0 Å². The lowest BCUT2D eigenvalue weighted by Crippen LogP contribution is -2.57. The van der Waals surface area contributed by atoms with Gasteiger partial charge in [-0.15, -0.1) is 0 Å². The number of aliphatic hydroxyl groups excluding tert-OH is 3. The minimum Gasteiger partial charge on any atom is -0.394 e. The van der Waals surface area contributed by atoms with E-state index in [9.17, 15) is 15.0 Å². The molecule has 118 valence electrons. The molecule has 0 radical (unpaired) electrons. The number of amides is 1. The number of rotatable bonds is 8. The molecule has 1 rings (SSSR count). The van der Waals surface area contributed by atoms with E-state index in [0.717, 1.165) is 25.7 Å². The highest BCUT2D eigenvalue weighted by atomic mass is 16.6. The summed E-state index contributed by atoms with van der Waals surface area (Å²) in [5.74, 6) is -0.185. The zero-order valence-electron chi connectivity index (χ0n) is 12.1. The van der Waals surface area contributed by atoms with Crippen molar-refractivity contribution in [3.8, 4) is 0 Å². The molecule has 4 atom stereocenters. The van der Waals surface area contributed by atoms with E-state index in [1.807, 2.05) is 0 Å². The molecule has 20 heavy (non-hydrogen) atoms. The molecule has 1 aliphatic heterocycles. The van der Waals surface area contributed by atoms with Crippen LogP contribution in [0.2, 0.25) is 0 Å². The van der Waals surface area contributed by atoms with Crippen LogP contribution in [0.5, 0.6) is 0 Å². The third-order valence-electron chi connectivity index (χ3n) is 3.60. The summed E-state index contributed by atoms with van der Waals surface area (Å²) < 4.78 is 5.11. The van der Waals surface area contributed by atoms with Crippen molar-refractivity contribution >= 4 is 5.91 Å². The third kappa shape index (κ3) is 5.75. The SMILES string of the molecule is CCCCCCCC(=O)N[C@H]1C(O)O[C@H](CO)C[C@@H]1O. The monoisotopic (exact) mass is 289 g/mol. The van der Waals surface area contributed by atoms with Crippen molar-refractivity contribution in [3.63, 3.8) is 0 Å². The maximum absolute atomic E-state index is 11.7. The number of nitrogens with one attached hydrogen (secondary N) is 1. The van der Waals surface area contributed by atoms with Crippen molar-refractivity contribution in [1.82, 2.24) is 5.32 Å². The molecule has 0 aromatic rings. The number of hydrogen-bond acceptors (Lipinski definition) is 5. The third-order valence-corrected chi connectivity index (χ3v) is 3.60. The molecule has 1 amide bonds. The van der Waals surface area contributed by atoms with Gasteiger partial charge in [0.25, 0.3) is 0 Å². The predicted molar refractivity (Wildman–Crippen MR) is 73.9 cm³/mol. The number of unbranched alkanes of at least 4 members (excludes halogenated alkanes) is 4. The molecule has 1 heterocycles. The molecule has 1 unspecified atom stereocenters. The first-order valence-electron chi connectivity index (χ1n) is 7.50. The summed E-state index contributed by atoms with van der Waals surface area (Å²) in [6.07, 6.45) is 3.12. The molecule has 4 N–H and O–H groups in total. The second-order valence-electron chi connectivity index (χ2n) is 5.39. The Labute approximate surface area is 120 Å². The summed E-state index contributed by atoms with van der Waals surface area (Å²) in [4.78, 5) is 11.7. The largest absolute Gasteiger partial charge is 0.394 e. The van der Waals surface area contributed by atoms with E-state index in [2.05, 4.69) is 12.2 Å². The standard InChI is InChI=1S/C14H27NO5/c1-2-3-4-5-6-7-12(18)15-13-11(17)8-10(9-16)20-14(13)19/h10-11,13-14,16-17,19H,2-9H2,1H3,(H,15,18)/t10-,11-,13+,14?/m0/s1. The number of aliphatic hydroxyl groups is 3. The lowest BCUT2D eigenvalue weighted by Gasteiger charge is -2.36. The summed E-state index contributed by atoms with van der Waals surface area (Å²) in [5, 5.41) is 31.1. The molecule has 0 saturated carbocycles. The van der Waals surface area contributed by atoms with Crippen molar-refractivity contribution in [2.45, 2.75) is 76.4 Å². The van der Waals surface area contributed by atoms with E-state index >= 15 is 0 Å². The molecule has 0 spiro atoms. The van der Waals surface area contributed by atoms with Gasteiger partial charge in [-0.3, -0.25) is 4.79 Å². The summed E-state index contributed by atoms with van der Waals surface area (Å²) in [6.45, 7) is 1.88. The Bertz CT molecular complexity index is 275. The van der Waals surface area contributed by atoms with E-state index in [4.69, 9.17) is 9.84 Å². The second-order valence-corrected chi connectivity index (χ2v) is 5.39. The second kappa shape index (κ2) is 9.28. The van der Waals surface area contributed by atoms with Crippen molar-refractivity contribution in [1.29, 1.82) is 0 Å². The first kappa shape index (κ1) is 17.4. The average Bonchev–Trinajstić information content (AvgIpc) is 2.42. The van der Waals surface area contributed by atoms with Gasteiger partial charge >= 0.3 is 0 Å². The lowest BCUT2D eigenvalue weighted by molar-refractivity contribution is -0.214. The van der Waals surface area contributed by atoms with Crippen LogP contribution in [0.1, 0.15) is 51.9 Å². The van der Waals surface area contributed by atoms with Crippen molar-refractivity contribution < 1.29 is 24.9 Å². The highest BCUT2D eigenvalue weighted by Crippen LogP contribution is 2.19. The molecule has 0 aromatic heterocycles. The summed E-state index contributed by atoms with van der Waals surface area (Å²) in [6, 6.07) is -0.819. The van der Waals surface area contributed by atoms with Crippen LogP contribution in [0.15, 0.2) is 0 Å². The fraction of sp³-hybridized carbons (Fsp3) is 0.929. The minimum absolute atomic E-state index is 0.185. The predicted octanol–water partition coefficient (Wildman–Crippen LogP) is 0.292. The molecule has 6 heteroatoms. The Morgan fingerprint density at radius 3 is 2.55 bits per heavy atom. The minimum atomic E-state index is -1.28. The Balaban J connectivity index is 2.26. The van der Waals surface area contributed by atoms with Gasteiger partial charge in [0.1, 0.15) is 6.04 Å². The topological polar surface area (TPSA) is 99.0 Å². The van der Waals surface area contributed by atoms with Gasteiger partial charge in [0.2, 0.25) is 5.91 Å². The quantitative estimate of drug-likeness (QED) is 0.481. The van der Waals surface area contributed by atoms with Crippen LogP contribution in [0, 0.1) is 0 Å². The van der Waals surface area contributed by atoms with Crippen LogP contribution in [-0.4, -0.2) is 52.4 Å². The van der Waals surface area contributed by atoms with Crippen LogP contribution in [-0.2, 0) is 9.53 Å². The van der Waals surface area contributed by atoms with E-state index in [1.54, 1.807) is 0 Å². The maximum Gasteiger partial charge on any atom is 0.220 e. The fourth-order valence-corrected chi connectivity index (χ4v) is 2.38. The molecular formula is C14H27NO5. The maximum atomic E-state index is 11.7. The van der Waals surface area contributed by atoms with Crippen LogP contribution >= 0.6 is 0 Å². The number of hydrogen-bond donors (Lipinski definition) is 4. The molecule has 1 fully saturated rings. The van der Waals surface area contributed by atoms with Gasteiger partial charge in [0.05, 0.1) is 18.8 Å². The molecule has 0 aliphatic carbocycles. The van der Waals surface area contributed by atoms with Crippen molar-refractivity contribution in [3.05, 3.63) is 0 Å². The van der Waals surface area contributed by atoms with Gasteiger partial charge in [-0.25, -0.2) is 0 Å². The average molecular weight is 289 g/mol. The Morgan fingerprint density at radius 2 is 1.95 bits per heavy atom. The Kier molecular flexibility index (Phi) is 8.06. The van der Waals surface area contributed by atoms with Gasteiger partial charge in [0, 0.05) is 12.8 Å². The molecule has 1 saturated heterocycles. The number of carbonyl (C=O) groups excluding carboxylic acids is 1. The molecule has 0 aromatic carbocycles. The first-order chi connectivity index (χ1) is 9.58. The van der Waals surface area contributed by atoms with Gasteiger partial charge in [-0.1, -0.05) is 32.6 Å². The zero-order valence-corrected chi connectivity index (χ0v) is 12.1. The Hall–Kier alpha value is -0.690. The highest BCUT2D eigenvalue weighted by molar-refractivity contribution is 5.76. The molecule has 6 nitrogen and oxygen atoms in total. The highest BCUT2D eigenvalue weighted by Gasteiger charge is 2.37.